The molecule has 1 rings (SSSR count). The van der Waals surface area contributed by atoms with Crippen molar-refractivity contribution in [3.63, 3.8) is 0 Å². The fraction of sp³-hybridized carbons (Fsp3) is 0.550. The molecule has 3 heteroatoms. The highest BCUT2D eigenvalue weighted by atomic mass is 16.5. The van der Waals surface area contributed by atoms with Crippen LogP contribution in [-0.4, -0.2) is 31.1 Å². The van der Waals surface area contributed by atoms with Crippen LogP contribution in [0.2, 0.25) is 0 Å². The summed E-state index contributed by atoms with van der Waals surface area (Å²) in [5, 5.41) is 3.37. The maximum atomic E-state index is 11.6. The molecular weight excluding hydrogens is 286 g/mol. The van der Waals surface area contributed by atoms with E-state index in [9.17, 15) is 4.79 Å². The Morgan fingerprint density at radius 1 is 1.22 bits per heavy atom. The standard InChI is InChI=1S/C20H31NO2/c1-15(2)20(22)10-9-18-7-6-8-19(13-18)11-12-23-17(5)14-21-16(3)4/h6-10,13,15-17,21H,11-12,14H2,1-5H3/b10-9+/t17-/m0/s1. The van der Waals surface area contributed by atoms with E-state index >= 15 is 0 Å². The highest BCUT2D eigenvalue weighted by Gasteiger charge is 2.04. The van der Waals surface area contributed by atoms with Crippen LogP contribution in [0.4, 0.5) is 0 Å². The molecule has 0 saturated heterocycles. The number of carbonyl (C=O) groups excluding carboxylic acids is 1. The van der Waals surface area contributed by atoms with Crippen LogP contribution in [0.3, 0.4) is 0 Å². The lowest BCUT2D eigenvalue weighted by atomic mass is 10.1. The minimum atomic E-state index is 0.0452. The van der Waals surface area contributed by atoms with Crippen LogP contribution in [-0.2, 0) is 16.0 Å². The zero-order valence-electron chi connectivity index (χ0n) is 15.1. The Bertz CT molecular complexity index is 506. The summed E-state index contributed by atoms with van der Waals surface area (Å²) < 4.78 is 5.83. The van der Waals surface area contributed by atoms with Gasteiger partial charge in [-0.3, -0.25) is 4.79 Å². The quantitative estimate of drug-likeness (QED) is 0.666. The highest BCUT2D eigenvalue weighted by molar-refractivity contribution is 5.94. The van der Waals surface area contributed by atoms with Gasteiger partial charge in [0, 0.05) is 18.5 Å². The molecule has 0 fully saturated rings. The molecule has 0 heterocycles. The number of carbonyl (C=O) groups is 1. The second-order valence-electron chi connectivity index (χ2n) is 6.63. The maximum absolute atomic E-state index is 11.6. The van der Waals surface area contributed by atoms with Gasteiger partial charge in [-0.2, -0.15) is 0 Å². The summed E-state index contributed by atoms with van der Waals surface area (Å²) >= 11 is 0. The van der Waals surface area contributed by atoms with Crippen molar-refractivity contribution in [2.45, 2.75) is 53.2 Å². The summed E-state index contributed by atoms with van der Waals surface area (Å²) in [4.78, 5) is 11.6. The molecule has 1 atom stereocenters. The molecule has 0 unspecified atom stereocenters. The molecule has 128 valence electrons. The van der Waals surface area contributed by atoms with Crippen molar-refractivity contribution in [1.29, 1.82) is 0 Å². The predicted octanol–water partition coefficient (Wildman–Crippen LogP) is 3.87. The van der Waals surface area contributed by atoms with E-state index in [-0.39, 0.29) is 17.8 Å². The number of rotatable bonds is 10. The van der Waals surface area contributed by atoms with Gasteiger partial charge in [-0.15, -0.1) is 0 Å². The summed E-state index contributed by atoms with van der Waals surface area (Å²) in [7, 11) is 0. The smallest absolute Gasteiger partial charge is 0.158 e. The number of allylic oxidation sites excluding steroid dienone is 1. The fourth-order valence-electron chi connectivity index (χ4n) is 2.06. The Balaban J connectivity index is 2.43. The summed E-state index contributed by atoms with van der Waals surface area (Å²) in [6.07, 6.45) is 4.65. The molecule has 0 radical (unpaired) electrons. The Labute approximate surface area is 141 Å². The van der Waals surface area contributed by atoms with E-state index in [2.05, 4.69) is 38.2 Å². The zero-order chi connectivity index (χ0) is 17.2. The lowest BCUT2D eigenvalue weighted by Gasteiger charge is -2.16. The third-order valence-electron chi connectivity index (χ3n) is 3.57. The molecule has 23 heavy (non-hydrogen) atoms. The Morgan fingerprint density at radius 3 is 2.61 bits per heavy atom. The number of benzene rings is 1. The van der Waals surface area contributed by atoms with Gasteiger partial charge in [-0.05, 0) is 30.5 Å². The van der Waals surface area contributed by atoms with Crippen molar-refractivity contribution in [3.8, 4) is 0 Å². The monoisotopic (exact) mass is 317 g/mol. The second kappa shape index (κ2) is 10.3. The van der Waals surface area contributed by atoms with Gasteiger partial charge in [0.25, 0.3) is 0 Å². The van der Waals surface area contributed by atoms with E-state index in [1.165, 1.54) is 5.56 Å². The van der Waals surface area contributed by atoms with E-state index in [1.807, 2.05) is 32.1 Å². The molecule has 0 amide bonds. The average Bonchev–Trinajstić information content (AvgIpc) is 2.51. The molecule has 1 aromatic carbocycles. The number of hydrogen-bond acceptors (Lipinski definition) is 3. The summed E-state index contributed by atoms with van der Waals surface area (Å²) in [5.74, 6) is 0.203. The van der Waals surface area contributed by atoms with Crippen molar-refractivity contribution >= 4 is 11.9 Å². The van der Waals surface area contributed by atoms with E-state index in [0.29, 0.717) is 12.6 Å². The summed E-state index contributed by atoms with van der Waals surface area (Å²) in [5.41, 5.74) is 2.29. The van der Waals surface area contributed by atoms with Crippen molar-refractivity contribution in [3.05, 3.63) is 41.5 Å². The number of ether oxygens (including phenoxy) is 1. The molecule has 0 saturated carbocycles. The maximum Gasteiger partial charge on any atom is 0.158 e. The van der Waals surface area contributed by atoms with Crippen LogP contribution < -0.4 is 5.32 Å². The van der Waals surface area contributed by atoms with Gasteiger partial charge in [0.2, 0.25) is 0 Å². The Morgan fingerprint density at radius 2 is 1.96 bits per heavy atom. The van der Waals surface area contributed by atoms with Crippen molar-refractivity contribution in [2.24, 2.45) is 5.92 Å². The molecule has 0 aromatic heterocycles. The topological polar surface area (TPSA) is 38.3 Å². The van der Waals surface area contributed by atoms with Gasteiger partial charge in [0.1, 0.15) is 0 Å². The van der Waals surface area contributed by atoms with Gasteiger partial charge in [0.05, 0.1) is 12.7 Å². The number of nitrogens with one attached hydrogen (secondary N) is 1. The van der Waals surface area contributed by atoms with Gasteiger partial charge >= 0.3 is 0 Å². The molecule has 0 aliphatic carbocycles. The van der Waals surface area contributed by atoms with Crippen LogP contribution >= 0.6 is 0 Å². The van der Waals surface area contributed by atoms with Crippen LogP contribution in [0.5, 0.6) is 0 Å². The minimum Gasteiger partial charge on any atom is -0.377 e. The van der Waals surface area contributed by atoms with Crippen LogP contribution in [0.15, 0.2) is 30.3 Å². The molecule has 1 aromatic rings. The van der Waals surface area contributed by atoms with Crippen LogP contribution in [0.25, 0.3) is 6.08 Å². The first kappa shape index (κ1) is 19.6. The first-order valence-corrected chi connectivity index (χ1v) is 8.54. The SMILES string of the molecule is CC(C)NC[C@H](C)OCCc1cccc(/C=C/C(=O)C(C)C)c1. The Hall–Kier alpha value is -1.45. The van der Waals surface area contributed by atoms with Crippen molar-refractivity contribution in [2.75, 3.05) is 13.2 Å². The average molecular weight is 317 g/mol. The molecule has 0 spiro atoms. The highest BCUT2D eigenvalue weighted by Crippen LogP contribution is 2.09. The lowest BCUT2D eigenvalue weighted by Crippen LogP contribution is -2.32. The summed E-state index contributed by atoms with van der Waals surface area (Å²) in [6.45, 7) is 11.8. The number of ketones is 1. The van der Waals surface area contributed by atoms with Crippen molar-refractivity contribution in [1.82, 2.24) is 5.32 Å². The van der Waals surface area contributed by atoms with Crippen LogP contribution in [0.1, 0.15) is 45.7 Å². The largest absolute Gasteiger partial charge is 0.377 e. The number of hydrogen-bond donors (Lipinski definition) is 1. The van der Waals surface area contributed by atoms with Gasteiger partial charge in [-0.25, -0.2) is 0 Å². The molecular formula is C20H31NO2. The second-order valence-corrected chi connectivity index (χ2v) is 6.63. The molecule has 0 bridgehead atoms. The van der Waals surface area contributed by atoms with E-state index in [1.54, 1.807) is 6.08 Å². The van der Waals surface area contributed by atoms with E-state index in [4.69, 9.17) is 4.74 Å². The third kappa shape index (κ3) is 8.68. The van der Waals surface area contributed by atoms with E-state index < -0.39 is 0 Å². The van der Waals surface area contributed by atoms with Gasteiger partial charge in [0.15, 0.2) is 5.78 Å². The van der Waals surface area contributed by atoms with Crippen molar-refractivity contribution < 1.29 is 9.53 Å². The predicted molar refractivity (Wildman–Crippen MR) is 97.6 cm³/mol. The zero-order valence-corrected chi connectivity index (χ0v) is 15.1. The first-order valence-electron chi connectivity index (χ1n) is 8.54. The molecule has 0 aliphatic rings. The van der Waals surface area contributed by atoms with E-state index in [0.717, 1.165) is 18.5 Å². The van der Waals surface area contributed by atoms with Gasteiger partial charge < -0.3 is 10.1 Å². The normalized spacial score (nSPS) is 13.2. The lowest BCUT2D eigenvalue weighted by molar-refractivity contribution is -0.117. The molecule has 3 nitrogen and oxygen atoms in total. The minimum absolute atomic E-state index is 0.0452. The third-order valence-corrected chi connectivity index (χ3v) is 3.57. The Kier molecular flexibility index (Phi) is 8.82. The van der Waals surface area contributed by atoms with Gasteiger partial charge in [-0.1, -0.05) is 58.0 Å². The molecule has 0 aliphatic heterocycles. The summed E-state index contributed by atoms with van der Waals surface area (Å²) in [6, 6.07) is 8.74. The van der Waals surface area contributed by atoms with Crippen LogP contribution in [0, 0.1) is 5.92 Å². The molecule has 1 N–H and O–H groups in total. The first-order chi connectivity index (χ1) is 10.9. The fourth-order valence-corrected chi connectivity index (χ4v) is 2.06.